The van der Waals surface area contributed by atoms with Crippen LogP contribution < -0.4 is 10.6 Å². The van der Waals surface area contributed by atoms with Gasteiger partial charge in [-0.2, -0.15) is 0 Å². The van der Waals surface area contributed by atoms with Gasteiger partial charge >= 0.3 is 6.03 Å². The predicted molar refractivity (Wildman–Crippen MR) is 78.9 cm³/mol. The lowest BCUT2D eigenvalue weighted by atomic mass is 10.0. The van der Waals surface area contributed by atoms with E-state index in [1.807, 2.05) is 0 Å². The van der Waals surface area contributed by atoms with E-state index in [1.165, 1.54) is 11.3 Å². The first kappa shape index (κ1) is 15.2. The van der Waals surface area contributed by atoms with E-state index in [4.69, 9.17) is 0 Å². The lowest BCUT2D eigenvalue weighted by molar-refractivity contribution is 0.0506. The van der Waals surface area contributed by atoms with E-state index in [9.17, 15) is 9.90 Å². The molecular weight excluding hydrogens is 276 g/mol. The summed E-state index contributed by atoms with van der Waals surface area (Å²) in [4.78, 5) is 11.7. The molecule has 20 heavy (non-hydrogen) atoms. The third-order valence-electron chi connectivity index (χ3n) is 3.38. The fraction of sp³-hybridized carbons (Fsp3) is 0.769. The van der Waals surface area contributed by atoms with Gasteiger partial charge in [0.1, 0.15) is 5.01 Å². The number of carbonyl (C=O) groups excluding carboxylic acids is 1. The molecule has 1 aliphatic carbocycles. The van der Waals surface area contributed by atoms with Crippen molar-refractivity contribution in [1.82, 2.24) is 15.5 Å². The number of urea groups is 1. The van der Waals surface area contributed by atoms with E-state index >= 15 is 0 Å². The van der Waals surface area contributed by atoms with Gasteiger partial charge in [0.2, 0.25) is 5.13 Å². The molecule has 0 saturated heterocycles. The average Bonchev–Trinajstić information content (AvgIpc) is 2.97. The van der Waals surface area contributed by atoms with Crippen LogP contribution in [0.5, 0.6) is 0 Å². The molecule has 0 atom stereocenters. The number of anilines is 1. The molecule has 7 heteroatoms. The number of aliphatic hydroxyl groups is 1. The fourth-order valence-corrected chi connectivity index (χ4v) is 3.28. The van der Waals surface area contributed by atoms with E-state index in [1.54, 1.807) is 0 Å². The highest BCUT2D eigenvalue weighted by Gasteiger charge is 2.31. The highest BCUT2D eigenvalue weighted by molar-refractivity contribution is 7.15. The maximum atomic E-state index is 11.7. The maximum Gasteiger partial charge on any atom is 0.321 e. The van der Waals surface area contributed by atoms with Gasteiger partial charge in [-0.15, -0.1) is 10.2 Å². The van der Waals surface area contributed by atoms with Crippen LogP contribution in [0.4, 0.5) is 9.93 Å². The van der Waals surface area contributed by atoms with Crippen LogP contribution in [-0.2, 0) is 6.42 Å². The fourth-order valence-electron chi connectivity index (χ4n) is 2.33. The quantitative estimate of drug-likeness (QED) is 0.777. The largest absolute Gasteiger partial charge is 0.388 e. The first-order chi connectivity index (χ1) is 9.47. The van der Waals surface area contributed by atoms with Crippen LogP contribution in [-0.4, -0.2) is 33.5 Å². The Morgan fingerprint density at radius 3 is 2.75 bits per heavy atom. The number of carbonyl (C=O) groups is 1. The molecule has 0 radical (unpaired) electrons. The van der Waals surface area contributed by atoms with Crippen molar-refractivity contribution in [3.05, 3.63) is 5.01 Å². The summed E-state index contributed by atoms with van der Waals surface area (Å²) in [5, 5.41) is 24.9. The average molecular weight is 298 g/mol. The molecule has 1 aliphatic rings. The van der Waals surface area contributed by atoms with Crippen LogP contribution in [0.25, 0.3) is 0 Å². The standard InChI is InChI=1S/C13H22N4O2S/c1-9(2)7-10-16-17-12(20-10)15-11(18)14-8-13(19)5-3-4-6-13/h9,19H,3-8H2,1-2H3,(H2,14,15,17,18). The van der Waals surface area contributed by atoms with E-state index in [0.717, 1.165) is 37.1 Å². The summed E-state index contributed by atoms with van der Waals surface area (Å²) in [6, 6.07) is -0.336. The van der Waals surface area contributed by atoms with Crippen molar-refractivity contribution in [3.63, 3.8) is 0 Å². The third-order valence-corrected chi connectivity index (χ3v) is 4.24. The third kappa shape index (κ3) is 4.42. The summed E-state index contributed by atoms with van der Waals surface area (Å²) < 4.78 is 0. The second-order valence-corrected chi connectivity index (χ2v) is 6.90. The van der Waals surface area contributed by atoms with E-state index in [0.29, 0.717) is 11.0 Å². The molecule has 0 spiro atoms. The normalized spacial score (nSPS) is 17.4. The molecule has 1 aromatic rings. The summed E-state index contributed by atoms with van der Waals surface area (Å²) in [7, 11) is 0. The van der Waals surface area contributed by atoms with Crippen LogP contribution in [0.1, 0.15) is 44.5 Å². The van der Waals surface area contributed by atoms with Gasteiger partial charge < -0.3 is 10.4 Å². The van der Waals surface area contributed by atoms with Crippen LogP contribution in [0.15, 0.2) is 0 Å². The minimum atomic E-state index is -0.735. The number of amides is 2. The molecule has 6 nitrogen and oxygen atoms in total. The molecule has 112 valence electrons. The number of rotatable bonds is 5. The van der Waals surface area contributed by atoms with Crippen molar-refractivity contribution >= 4 is 22.5 Å². The molecule has 0 unspecified atom stereocenters. The van der Waals surface area contributed by atoms with Crippen LogP contribution in [0.3, 0.4) is 0 Å². The molecule has 2 amide bonds. The molecule has 0 bridgehead atoms. The lowest BCUT2D eigenvalue weighted by Crippen LogP contribution is -2.42. The summed E-state index contributed by atoms with van der Waals surface area (Å²) >= 11 is 1.39. The van der Waals surface area contributed by atoms with Crippen LogP contribution in [0, 0.1) is 5.92 Å². The van der Waals surface area contributed by atoms with Gasteiger partial charge in [0.05, 0.1) is 5.60 Å². The predicted octanol–water partition coefficient (Wildman–Crippen LogP) is 2.16. The summed E-state index contributed by atoms with van der Waals surface area (Å²) in [6.45, 7) is 4.52. The van der Waals surface area contributed by atoms with E-state index in [2.05, 4.69) is 34.7 Å². The topological polar surface area (TPSA) is 87.1 Å². The molecule has 1 fully saturated rings. The minimum absolute atomic E-state index is 0.288. The van der Waals surface area contributed by atoms with Crippen molar-refractivity contribution in [2.24, 2.45) is 5.92 Å². The summed E-state index contributed by atoms with van der Waals surface area (Å²) in [6.07, 6.45) is 4.42. The van der Waals surface area contributed by atoms with Gasteiger partial charge in [0, 0.05) is 13.0 Å². The Labute approximate surface area is 123 Å². The Morgan fingerprint density at radius 2 is 2.10 bits per heavy atom. The molecule has 0 aliphatic heterocycles. The van der Waals surface area contributed by atoms with Gasteiger partial charge in [-0.25, -0.2) is 4.79 Å². The monoisotopic (exact) mass is 298 g/mol. The zero-order valence-electron chi connectivity index (χ0n) is 12.0. The number of nitrogens with zero attached hydrogens (tertiary/aromatic N) is 2. The molecule has 2 rings (SSSR count). The number of hydrogen-bond donors (Lipinski definition) is 3. The molecule has 1 saturated carbocycles. The van der Waals surface area contributed by atoms with E-state index < -0.39 is 5.60 Å². The molecule has 0 aromatic carbocycles. The van der Waals surface area contributed by atoms with Crippen molar-refractivity contribution in [1.29, 1.82) is 0 Å². The number of hydrogen-bond acceptors (Lipinski definition) is 5. The molecule has 1 aromatic heterocycles. The number of aromatic nitrogens is 2. The van der Waals surface area contributed by atoms with Crippen molar-refractivity contribution in [2.45, 2.75) is 51.6 Å². The van der Waals surface area contributed by atoms with E-state index in [-0.39, 0.29) is 12.6 Å². The lowest BCUT2D eigenvalue weighted by Gasteiger charge is -2.22. The number of nitrogens with one attached hydrogen (secondary N) is 2. The first-order valence-electron chi connectivity index (χ1n) is 7.06. The van der Waals surface area contributed by atoms with Crippen LogP contribution in [0.2, 0.25) is 0 Å². The van der Waals surface area contributed by atoms with Crippen molar-refractivity contribution < 1.29 is 9.90 Å². The second kappa shape index (κ2) is 6.49. The van der Waals surface area contributed by atoms with Crippen molar-refractivity contribution in [3.8, 4) is 0 Å². The van der Waals surface area contributed by atoms with Gasteiger partial charge in [-0.1, -0.05) is 38.0 Å². The van der Waals surface area contributed by atoms with Crippen molar-refractivity contribution in [2.75, 3.05) is 11.9 Å². The zero-order chi connectivity index (χ0) is 14.6. The maximum absolute atomic E-state index is 11.7. The van der Waals surface area contributed by atoms with Gasteiger partial charge in [0.15, 0.2) is 0 Å². The molecular formula is C13H22N4O2S. The highest BCUT2D eigenvalue weighted by Crippen LogP contribution is 2.28. The van der Waals surface area contributed by atoms with Crippen LogP contribution >= 0.6 is 11.3 Å². The highest BCUT2D eigenvalue weighted by atomic mass is 32.1. The second-order valence-electron chi connectivity index (χ2n) is 5.84. The first-order valence-corrected chi connectivity index (χ1v) is 7.88. The van der Waals surface area contributed by atoms with Gasteiger partial charge in [-0.3, -0.25) is 5.32 Å². The Balaban J connectivity index is 1.77. The van der Waals surface area contributed by atoms with Gasteiger partial charge in [0.25, 0.3) is 0 Å². The Morgan fingerprint density at radius 1 is 1.40 bits per heavy atom. The molecule has 3 N–H and O–H groups in total. The minimum Gasteiger partial charge on any atom is -0.388 e. The summed E-state index contributed by atoms with van der Waals surface area (Å²) in [5.41, 5.74) is -0.735. The van der Waals surface area contributed by atoms with Gasteiger partial charge in [-0.05, 0) is 18.8 Å². The zero-order valence-corrected chi connectivity index (χ0v) is 12.8. The Kier molecular flexibility index (Phi) is 4.93. The Bertz CT molecular complexity index is 455. The SMILES string of the molecule is CC(C)Cc1nnc(NC(=O)NCC2(O)CCCC2)s1. The smallest absolute Gasteiger partial charge is 0.321 e. The molecule has 1 heterocycles. The Hall–Kier alpha value is -1.21. The summed E-state index contributed by atoms with van der Waals surface area (Å²) in [5.74, 6) is 0.515.